The summed E-state index contributed by atoms with van der Waals surface area (Å²) in [6.07, 6.45) is 4.34. The lowest BCUT2D eigenvalue weighted by molar-refractivity contribution is -0.137. The average Bonchev–Trinajstić information content (AvgIpc) is 2.92. The van der Waals surface area contributed by atoms with Crippen LogP contribution in [0.1, 0.15) is 37.7 Å². The molecule has 1 aromatic carbocycles. The number of benzene rings is 1. The van der Waals surface area contributed by atoms with Crippen LogP contribution in [-0.4, -0.2) is 27.0 Å². The summed E-state index contributed by atoms with van der Waals surface area (Å²) in [7, 11) is 0. The Morgan fingerprint density at radius 3 is 2.74 bits per heavy atom. The molecule has 2 heterocycles. The SMILES string of the molecule is O=C(O)CCCCCC1=CC(=S)S/C(=C2\C(=O)Nc3ccc(Br)cc32)C1=O. The maximum absolute atomic E-state index is 13.0. The number of hydrogen-bond donors (Lipinski definition) is 2. The molecule has 5 nitrogen and oxygen atoms in total. The maximum Gasteiger partial charge on any atom is 0.303 e. The van der Waals surface area contributed by atoms with Crippen LogP contribution in [0.3, 0.4) is 0 Å². The topological polar surface area (TPSA) is 83.5 Å². The largest absolute Gasteiger partial charge is 0.481 e. The van der Waals surface area contributed by atoms with E-state index in [9.17, 15) is 14.4 Å². The van der Waals surface area contributed by atoms with Crippen molar-refractivity contribution in [1.82, 2.24) is 0 Å². The van der Waals surface area contributed by atoms with E-state index in [0.29, 0.717) is 50.8 Å². The first-order valence-electron chi connectivity index (χ1n) is 8.41. The second-order valence-electron chi connectivity index (χ2n) is 6.22. The van der Waals surface area contributed by atoms with Crippen molar-refractivity contribution >= 4 is 73.0 Å². The molecule has 0 spiro atoms. The summed E-state index contributed by atoms with van der Waals surface area (Å²) >= 11 is 9.88. The summed E-state index contributed by atoms with van der Waals surface area (Å²) in [6, 6.07) is 5.44. The second kappa shape index (κ2) is 8.50. The summed E-state index contributed by atoms with van der Waals surface area (Å²) in [4.78, 5) is 36.4. The summed E-state index contributed by atoms with van der Waals surface area (Å²) in [5.74, 6) is -1.29. The molecule has 0 atom stereocenters. The third-order valence-electron chi connectivity index (χ3n) is 4.28. The van der Waals surface area contributed by atoms with Gasteiger partial charge in [-0.05, 0) is 43.5 Å². The number of ketones is 1. The number of amides is 1. The number of halogens is 1. The van der Waals surface area contributed by atoms with Gasteiger partial charge in [-0.25, -0.2) is 0 Å². The third-order valence-corrected chi connectivity index (χ3v) is 6.06. The number of carbonyl (C=O) groups excluding carboxylic acids is 2. The summed E-state index contributed by atoms with van der Waals surface area (Å²) in [6.45, 7) is 0. The highest BCUT2D eigenvalue weighted by atomic mass is 79.9. The van der Waals surface area contributed by atoms with Crippen molar-refractivity contribution in [2.45, 2.75) is 32.1 Å². The molecular formula is C19H16BrNO4S2. The molecule has 0 aliphatic carbocycles. The zero-order chi connectivity index (χ0) is 19.6. The van der Waals surface area contributed by atoms with Crippen LogP contribution in [0.25, 0.3) is 5.57 Å². The molecule has 1 amide bonds. The molecule has 0 bridgehead atoms. The number of fused-ring (bicyclic) bond motifs is 1. The minimum absolute atomic E-state index is 0.127. The molecule has 1 aromatic rings. The van der Waals surface area contributed by atoms with Crippen LogP contribution in [-0.2, 0) is 14.4 Å². The van der Waals surface area contributed by atoms with Gasteiger partial charge in [0, 0.05) is 27.7 Å². The van der Waals surface area contributed by atoms with E-state index in [1.54, 1.807) is 12.1 Å². The molecule has 140 valence electrons. The molecule has 0 unspecified atom stereocenters. The predicted molar refractivity (Wildman–Crippen MR) is 114 cm³/mol. The molecule has 0 saturated carbocycles. The van der Waals surface area contributed by atoms with Gasteiger partial charge in [-0.2, -0.15) is 0 Å². The highest BCUT2D eigenvalue weighted by molar-refractivity contribution is 9.10. The van der Waals surface area contributed by atoms with Crippen molar-refractivity contribution in [2.24, 2.45) is 0 Å². The number of nitrogens with one attached hydrogen (secondary N) is 1. The number of anilines is 1. The van der Waals surface area contributed by atoms with Gasteiger partial charge in [0.15, 0.2) is 5.78 Å². The minimum Gasteiger partial charge on any atom is -0.481 e. The Bertz CT molecular complexity index is 920. The number of carbonyl (C=O) groups is 3. The third kappa shape index (κ3) is 4.56. The quantitative estimate of drug-likeness (QED) is 0.359. The van der Waals surface area contributed by atoms with E-state index < -0.39 is 5.97 Å². The number of Topliss-reactive ketones (excluding diaryl/α,β-unsaturated/α-hetero) is 1. The van der Waals surface area contributed by atoms with Gasteiger partial charge in [-0.3, -0.25) is 14.4 Å². The molecule has 2 N–H and O–H groups in total. The standard InChI is InChI=1S/C19H16BrNO4S2/c20-11-6-7-13-12(9-11)16(19(25)21-13)18-17(24)10(8-15(26)27-18)4-2-1-3-5-14(22)23/h6-9H,1-5H2,(H,21,25)(H,22,23)/b18-16-. The van der Waals surface area contributed by atoms with E-state index >= 15 is 0 Å². The number of thiocarbonyl (C=S) groups is 1. The summed E-state index contributed by atoms with van der Waals surface area (Å²) in [5.41, 5.74) is 2.30. The van der Waals surface area contributed by atoms with Gasteiger partial charge in [0.1, 0.15) is 0 Å². The molecule has 2 aliphatic heterocycles. The van der Waals surface area contributed by atoms with Gasteiger partial charge in [0.25, 0.3) is 5.91 Å². The van der Waals surface area contributed by atoms with Crippen LogP contribution in [0, 0.1) is 0 Å². The van der Waals surface area contributed by atoms with Crippen LogP contribution in [0.5, 0.6) is 0 Å². The zero-order valence-electron chi connectivity index (χ0n) is 14.2. The summed E-state index contributed by atoms with van der Waals surface area (Å²) in [5, 5.41) is 11.5. The molecule has 2 aliphatic rings. The Morgan fingerprint density at radius 1 is 1.22 bits per heavy atom. The van der Waals surface area contributed by atoms with Crippen LogP contribution in [0.4, 0.5) is 5.69 Å². The molecule has 0 fully saturated rings. The van der Waals surface area contributed by atoms with Crippen molar-refractivity contribution < 1.29 is 19.5 Å². The zero-order valence-corrected chi connectivity index (χ0v) is 17.4. The van der Waals surface area contributed by atoms with Crippen LogP contribution in [0.15, 0.2) is 39.2 Å². The van der Waals surface area contributed by atoms with Crippen molar-refractivity contribution in [3.8, 4) is 0 Å². The van der Waals surface area contributed by atoms with E-state index in [0.717, 1.165) is 22.7 Å². The number of unbranched alkanes of at least 4 members (excludes halogenated alkanes) is 2. The van der Waals surface area contributed by atoms with Crippen molar-refractivity contribution in [3.05, 3.63) is 44.8 Å². The molecule has 0 radical (unpaired) electrons. The Hall–Kier alpha value is -1.77. The first kappa shape index (κ1) is 20.0. The van der Waals surface area contributed by atoms with Gasteiger partial charge in [0.05, 0.1) is 14.7 Å². The Morgan fingerprint density at radius 2 is 2.00 bits per heavy atom. The fourth-order valence-corrected chi connectivity index (χ4v) is 4.70. The van der Waals surface area contributed by atoms with Crippen molar-refractivity contribution in [2.75, 3.05) is 5.32 Å². The van der Waals surface area contributed by atoms with E-state index in [2.05, 4.69) is 21.2 Å². The number of allylic oxidation sites excluding steroid dienone is 2. The van der Waals surface area contributed by atoms with Gasteiger partial charge in [0.2, 0.25) is 0 Å². The first-order chi connectivity index (χ1) is 12.9. The number of carboxylic acids is 1. The number of carboxylic acid groups (broad SMARTS) is 1. The van der Waals surface area contributed by atoms with Gasteiger partial charge < -0.3 is 10.4 Å². The molecule has 8 heteroatoms. The van der Waals surface area contributed by atoms with Gasteiger partial charge in [-0.1, -0.05) is 46.3 Å². The number of aliphatic carboxylic acids is 1. The van der Waals surface area contributed by atoms with Crippen LogP contribution < -0.4 is 5.32 Å². The summed E-state index contributed by atoms with van der Waals surface area (Å²) < 4.78 is 1.37. The van der Waals surface area contributed by atoms with Crippen LogP contribution in [0.2, 0.25) is 0 Å². The van der Waals surface area contributed by atoms with Gasteiger partial charge >= 0.3 is 5.97 Å². The Balaban J connectivity index is 1.83. The Kier molecular flexibility index (Phi) is 6.29. The molecule has 0 aromatic heterocycles. The predicted octanol–water partition coefficient (Wildman–Crippen LogP) is 4.72. The second-order valence-corrected chi connectivity index (χ2v) is 8.89. The number of rotatable bonds is 6. The minimum atomic E-state index is -0.815. The molecular weight excluding hydrogens is 450 g/mol. The lowest BCUT2D eigenvalue weighted by Gasteiger charge is -2.17. The highest BCUT2D eigenvalue weighted by Gasteiger charge is 2.33. The lowest BCUT2D eigenvalue weighted by atomic mass is 9.98. The highest BCUT2D eigenvalue weighted by Crippen LogP contribution is 2.42. The molecule has 3 rings (SSSR count). The smallest absolute Gasteiger partial charge is 0.303 e. The van der Waals surface area contributed by atoms with Crippen molar-refractivity contribution in [3.63, 3.8) is 0 Å². The molecule has 0 saturated heterocycles. The van der Waals surface area contributed by atoms with Crippen molar-refractivity contribution in [1.29, 1.82) is 0 Å². The maximum atomic E-state index is 13.0. The molecule has 27 heavy (non-hydrogen) atoms. The van der Waals surface area contributed by atoms with E-state index in [-0.39, 0.29) is 18.1 Å². The van der Waals surface area contributed by atoms with E-state index in [1.807, 2.05) is 12.1 Å². The number of thioether (sulfide) groups is 1. The first-order valence-corrected chi connectivity index (χ1v) is 10.4. The van der Waals surface area contributed by atoms with E-state index in [4.69, 9.17) is 17.3 Å². The normalized spacial score (nSPS) is 19.0. The fourth-order valence-electron chi connectivity index (χ4n) is 3.01. The van der Waals surface area contributed by atoms with Crippen LogP contribution >= 0.6 is 39.9 Å². The monoisotopic (exact) mass is 465 g/mol. The Labute approximate surface area is 174 Å². The lowest BCUT2D eigenvalue weighted by Crippen LogP contribution is -2.16. The van der Waals surface area contributed by atoms with E-state index in [1.165, 1.54) is 0 Å². The fraction of sp³-hybridized carbons (Fsp3) is 0.263. The van der Waals surface area contributed by atoms with Gasteiger partial charge in [-0.15, -0.1) is 0 Å². The number of hydrogen-bond acceptors (Lipinski definition) is 5. The average molecular weight is 466 g/mol.